The molecule has 16 nitrogen and oxygen atoms in total. The van der Waals surface area contributed by atoms with Crippen LogP contribution in [0, 0.1) is 17.8 Å². The number of hydrogen-bond donors (Lipinski definition) is 6. The van der Waals surface area contributed by atoms with E-state index in [1.807, 2.05) is 0 Å². The number of allylic oxidation sites excluding steroid dienone is 4. The number of hydrogen-bond acceptors (Lipinski definition) is 13. The minimum Gasteiger partial charge on any atom is -0.508 e. The van der Waals surface area contributed by atoms with Crippen LogP contribution in [0.15, 0.2) is 96.9 Å². The van der Waals surface area contributed by atoms with E-state index in [2.05, 4.69) is 21.0 Å². The number of phenols is 1. The summed E-state index contributed by atoms with van der Waals surface area (Å²) in [4.78, 5) is 84.7. The lowest BCUT2D eigenvalue weighted by atomic mass is 9.84. The van der Waals surface area contributed by atoms with Gasteiger partial charge in [-0.15, -0.1) is 0 Å². The van der Waals surface area contributed by atoms with Gasteiger partial charge in [0.25, 0.3) is 5.91 Å². The maximum absolute atomic E-state index is 14.4. The molecule has 0 aliphatic carbocycles. The molecule has 4 rings (SSSR count). The van der Waals surface area contributed by atoms with E-state index in [1.54, 1.807) is 88.7 Å². The molecule has 1 fully saturated rings. The molecule has 0 saturated carbocycles. The van der Waals surface area contributed by atoms with E-state index in [0.717, 1.165) is 5.56 Å². The molecule has 8 atom stereocenters. The van der Waals surface area contributed by atoms with E-state index in [1.165, 1.54) is 42.3 Å². The van der Waals surface area contributed by atoms with Crippen molar-refractivity contribution < 1.29 is 53.6 Å². The van der Waals surface area contributed by atoms with Crippen molar-refractivity contribution in [2.24, 2.45) is 17.8 Å². The third-order valence-electron chi connectivity index (χ3n) is 10.9. The average Bonchev–Trinajstić information content (AvgIpc) is 3.25. The summed E-state index contributed by atoms with van der Waals surface area (Å²) < 4.78 is 11.3. The van der Waals surface area contributed by atoms with Crippen molar-refractivity contribution in [3.8, 4) is 5.75 Å². The highest BCUT2D eigenvalue weighted by atomic mass is 16.5. The average molecular weight is 872 g/mol. The predicted octanol–water partition coefficient (Wildman–Crippen LogP) is 3.47. The van der Waals surface area contributed by atoms with E-state index in [-0.39, 0.29) is 50.4 Å². The Labute approximate surface area is 368 Å². The Balaban J connectivity index is 1.68. The highest BCUT2D eigenvalue weighted by Gasteiger charge is 2.38. The first-order valence-corrected chi connectivity index (χ1v) is 21.3. The van der Waals surface area contributed by atoms with Crippen LogP contribution >= 0.6 is 0 Å². The number of phenolic OH excluding ortho intramolecular Hbond substituents is 1. The lowest BCUT2D eigenvalue weighted by Gasteiger charge is -2.36. The number of aliphatic hydroxyl groups is 2. The van der Waals surface area contributed by atoms with Crippen molar-refractivity contribution in [2.45, 2.75) is 116 Å². The van der Waals surface area contributed by atoms with Crippen molar-refractivity contribution in [2.75, 3.05) is 6.54 Å². The molecule has 0 spiro atoms. The molecule has 2 bridgehead atoms. The van der Waals surface area contributed by atoms with Gasteiger partial charge in [0.05, 0.1) is 18.1 Å². The number of hydrazine groups is 1. The lowest BCUT2D eigenvalue weighted by Crippen LogP contribution is -2.62. The molecule has 3 amide bonds. The second-order valence-corrected chi connectivity index (χ2v) is 16.4. The fraction of sp³-hybridized carbons (Fsp3) is 0.468. The van der Waals surface area contributed by atoms with Crippen LogP contribution in [0.5, 0.6) is 5.75 Å². The number of ketones is 1. The van der Waals surface area contributed by atoms with Crippen molar-refractivity contribution in [1.82, 2.24) is 26.1 Å². The minimum absolute atomic E-state index is 0.0366. The molecule has 340 valence electrons. The van der Waals surface area contributed by atoms with E-state index >= 15 is 0 Å². The molecule has 6 N–H and O–H groups in total. The van der Waals surface area contributed by atoms with Crippen LogP contribution in [0.2, 0.25) is 0 Å². The number of fused-ring (bicyclic) bond motifs is 2. The molecule has 2 aliphatic rings. The number of esters is 2. The summed E-state index contributed by atoms with van der Waals surface area (Å²) in [5.41, 5.74) is 4.81. The van der Waals surface area contributed by atoms with Gasteiger partial charge >= 0.3 is 11.9 Å². The van der Waals surface area contributed by atoms with Crippen LogP contribution in [-0.4, -0.2) is 104 Å². The Morgan fingerprint density at radius 1 is 1.03 bits per heavy atom. The third kappa shape index (κ3) is 15.7. The number of aromatic hydroxyl groups is 1. The molecule has 16 heteroatoms. The lowest BCUT2D eigenvalue weighted by molar-refractivity contribution is -0.156. The first-order valence-electron chi connectivity index (χ1n) is 21.3. The zero-order chi connectivity index (χ0) is 46.1. The number of nitrogens with zero attached hydrogens (tertiary/aromatic N) is 2. The van der Waals surface area contributed by atoms with Crippen molar-refractivity contribution in [3.05, 3.63) is 108 Å². The molecular weight excluding hydrogens is 811 g/mol. The fourth-order valence-electron chi connectivity index (χ4n) is 7.12. The molecule has 63 heavy (non-hydrogen) atoms. The second kappa shape index (κ2) is 24.6. The van der Waals surface area contributed by atoms with Crippen LogP contribution < -0.4 is 16.1 Å². The Kier molecular flexibility index (Phi) is 19.4. The number of benzene rings is 1. The monoisotopic (exact) mass is 871 g/mol. The van der Waals surface area contributed by atoms with Crippen molar-refractivity contribution >= 4 is 35.4 Å². The zero-order valence-corrected chi connectivity index (χ0v) is 36.5. The molecule has 2 aliphatic heterocycles. The largest absolute Gasteiger partial charge is 0.508 e. The number of carbonyl (C=O) groups is 6. The normalized spacial score (nSPS) is 27.0. The quantitative estimate of drug-likeness (QED) is 0.108. The molecular formula is C47H61N5O11. The van der Waals surface area contributed by atoms with Crippen LogP contribution in [0.4, 0.5) is 0 Å². The topological polar surface area (TPSA) is 234 Å². The summed E-state index contributed by atoms with van der Waals surface area (Å²) in [5.74, 6) is -6.07. The van der Waals surface area contributed by atoms with Gasteiger partial charge < -0.3 is 40.2 Å². The summed E-state index contributed by atoms with van der Waals surface area (Å²) in [6.07, 6.45) is 11.1. The highest BCUT2D eigenvalue weighted by Crippen LogP contribution is 2.24. The number of nitrogens with one attached hydrogen (secondary N) is 3. The van der Waals surface area contributed by atoms with Crippen molar-refractivity contribution in [1.29, 1.82) is 0 Å². The highest BCUT2D eigenvalue weighted by molar-refractivity contribution is 5.93. The Morgan fingerprint density at radius 3 is 2.49 bits per heavy atom. The summed E-state index contributed by atoms with van der Waals surface area (Å²) >= 11 is 0. The molecule has 3 heterocycles. The summed E-state index contributed by atoms with van der Waals surface area (Å²) in [7, 11) is 0. The molecule has 1 unspecified atom stereocenters. The number of ether oxygens (including phenoxy) is 2. The van der Waals surface area contributed by atoms with Gasteiger partial charge in [-0.2, -0.15) is 0 Å². The summed E-state index contributed by atoms with van der Waals surface area (Å²) in [6.45, 7) is 8.29. The van der Waals surface area contributed by atoms with E-state index in [9.17, 15) is 44.1 Å². The number of rotatable bonds is 11. The van der Waals surface area contributed by atoms with Gasteiger partial charge in [-0.05, 0) is 68.4 Å². The first kappa shape index (κ1) is 49.7. The van der Waals surface area contributed by atoms with Crippen LogP contribution in [0.25, 0.3) is 0 Å². The number of aliphatic hydroxyl groups excluding tert-OH is 2. The zero-order valence-electron chi connectivity index (χ0n) is 36.5. The Bertz CT molecular complexity index is 2020. The van der Waals surface area contributed by atoms with Gasteiger partial charge in [0, 0.05) is 55.8 Å². The van der Waals surface area contributed by atoms with Crippen molar-refractivity contribution in [3.63, 3.8) is 0 Å². The predicted molar refractivity (Wildman–Crippen MR) is 233 cm³/mol. The number of cyclic esters (lactones) is 1. The van der Waals surface area contributed by atoms with Crippen LogP contribution in [-0.2, 0) is 51.3 Å². The molecule has 0 radical (unpaired) electrons. The minimum atomic E-state index is -1.43. The fourth-order valence-corrected chi connectivity index (χ4v) is 7.12. The number of aromatic nitrogens is 1. The van der Waals surface area contributed by atoms with Gasteiger partial charge in [0.1, 0.15) is 42.4 Å². The SMILES string of the molecule is CC(=O)CC[C@H]1C(=O)N[C@@H](C(C)C)C(=O)N[C@@H](Cc2cccc(O)c2)C(=O)N2CCCC(N2)C(=O)O[C@H](/C(C)=C/C=C/C(=O)OCc2cccnc2)C/C=C/C=C/[C@H](O)[C@H](C)[C@H]1O. The Hall–Kier alpha value is -5.97. The van der Waals surface area contributed by atoms with E-state index < -0.39 is 83.9 Å². The molecule has 1 saturated heterocycles. The standard InChI is InChI=1S/C47H61N5O11/c1-29(2)42-45(59)49-38(26-33-14-10-16-35(54)25-33)46(60)52-24-12-17-37(51-52)47(61)63-40(30(3)13-9-20-41(56)62-28-34-15-11-23-48-27-34)19-8-6-7-18-39(55)32(5)43(57)36(44(58)50-42)22-21-31(4)53/h6-11,13-16,18,20,23,25,27,29,32,36-40,42-43,51,54-55,57H,12,17,19,21-22,24,26,28H2,1-5H3,(H,49,59)(H,50,58)/b8-6+,18-7+,20-9+,30-13+/t32-,36+,37?,38-,39-,40-,42-,43+/m0/s1. The molecule has 2 aromatic rings. The van der Waals surface area contributed by atoms with E-state index in [0.29, 0.717) is 24.0 Å². The summed E-state index contributed by atoms with van der Waals surface area (Å²) in [5, 5.41) is 39.6. The van der Waals surface area contributed by atoms with Gasteiger partial charge in [-0.25, -0.2) is 10.2 Å². The first-order chi connectivity index (χ1) is 30.0. The second-order valence-electron chi connectivity index (χ2n) is 16.4. The molecule has 1 aromatic heterocycles. The maximum atomic E-state index is 14.4. The Morgan fingerprint density at radius 2 is 1.79 bits per heavy atom. The van der Waals surface area contributed by atoms with Gasteiger partial charge in [0.15, 0.2) is 0 Å². The molecule has 1 aromatic carbocycles. The number of Topliss-reactive ketones (excluding diaryl/α,β-unsaturated/α-hetero) is 1. The summed E-state index contributed by atoms with van der Waals surface area (Å²) in [6, 6.07) is 6.35. The smallest absolute Gasteiger partial charge is 0.331 e. The number of carbonyl (C=O) groups excluding carboxylic acids is 6. The maximum Gasteiger partial charge on any atom is 0.331 e. The number of amides is 3. The van der Waals surface area contributed by atoms with E-state index in [4.69, 9.17) is 9.47 Å². The number of pyridine rings is 1. The van der Waals surface area contributed by atoms with Gasteiger partial charge in [-0.3, -0.25) is 29.2 Å². The van der Waals surface area contributed by atoms with Gasteiger partial charge in [0.2, 0.25) is 11.8 Å². The third-order valence-corrected chi connectivity index (χ3v) is 10.9. The van der Waals surface area contributed by atoms with Gasteiger partial charge in [-0.1, -0.05) is 75.4 Å². The van der Waals surface area contributed by atoms with Crippen LogP contribution in [0.1, 0.15) is 77.8 Å². The van der Waals surface area contributed by atoms with Crippen LogP contribution in [0.3, 0.4) is 0 Å².